The molecule has 0 radical (unpaired) electrons. The fourth-order valence-electron chi connectivity index (χ4n) is 1.24. The molecule has 0 saturated carbocycles. The summed E-state index contributed by atoms with van der Waals surface area (Å²) >= 11 is 0. The second-order valence-corrected chi connectivity index (χ2v) is 5.19. The maximum Gasteiger partial charge on any atom is 0.247 e. The van der Waals surface area contributed by atoms with Crippen molar-refractivity contribution in [2.75, 3.05) is 18.8 Å². The molecule has 0 aliphatic carbocycles. The van der Waals surface area contributed by atoms with Crippen molar-refractivity contribution in [3.05, 3.63) is 24.0 Å². The molecule has 0 atom stereocenters. The number of nitriles is 2. The molecule has 0 bridgehead atoms. The van der Waals surface area contributed by atoms with Crippen molar-refractivity contribution < 1.29 is 12.8 Å². The first-order valence-electron chi connectivity index (χ1n) is 4.72. The smallest absolute Gasteiger partial charge is 0.247 e. The van der Waals surface area contributed by atoms with Crippen LogP contribution < -0.4 is 5.73 Å². The molecule has 18 heavy (non-hydrogen) atoms. The van der Waals surface area contributed by atoms with E-state index in [0.717, 1.165) is 12.1 Å². The van der Waals surface area contributed by atoms with Gasteiger partial charge in [0, 0.05) is 5.69 Å². The minimum atomic E-state index is -4.25. The lowest BCUT2D eigenvalue weighted by Crippen LogP contribution is -2.32. The van der Waals surface area contributed by atoms with Crippen LogP contribution in [0.3, 0.4) is 0 Å². The van der Waals surface area contributed by atoms with Crippen LogP contribution in [0, 0.1) is 28.5 Å². The van der Waals surface area contributed by atoms with Gasteiger partial charge in [-0.2, -0.15) is 14.8 Å². The van der Waals surface area contributed by atoms with Gasteiger partial charge in [0.25, 0.3) is 0 Å². The van der Waals surface area contributed by atoms with E-state index in [-0.39, 0.29) is 5.69 Å². The summed E-state index contributed by atoms with van der Waals surface area (Å²) in [6, 6.07) is 6.29. The van der Waals surface area contributed by atoms with E-state index in [1.807, 2.05) is 0 Å². The molecule has 2 N–H and O–H groups in total. The standard InChI is InChI=1S/C10H9FN4O2S/c11-9-2-1-8(14)7-10(9)18(16,17)15(5-3-12)6-4-13/h1-2,7H,5-6,14H2. The number of halogens is 1. The number of nitrogens with zero attached hydrogens (tertiary/aromatic N) is 3. The lowest BCUT2D eigenvalue weighted by Gasteiger charge is -2.16. The second-order valence-electron chi connectivity index (χ2n) is 3.28. The van der Waals surface area contributed by atoms with Gasteiger partial charge in [-0.25, -0.2) is 12.8 Å². The van der Waals surface area contributed by atoms with E-state index >= 15 is 0 Å². The lowest BCUT2D eigenvalue weighted by molar-refractivity contribution is 0.471. The fraction of sp³-hybridized carbons (Fsp3) is 0.200. The van der Waals surface area contributed by atoms with E-state index < -0.39 is 33.8 Å². The van der Waals surface area contributed by atoms with Gasteiger partial charge in [0.1, 0.15) is 23.8 Å². The van der Waals surface area contributed by atoms with E-state index in [1.165, 1.54) is 6.07 Å². The Balaban J connectivity index is 3.32. The second kappa shape index (κ2) is 5.45. The van der Waals surface area contributed by atoms with Crippen LogP contribution >= 0.6 is 0 Å². The largest absolute Gasteiger partial charge is 0.399 e. The van der Waals surface area contributed by atoms with Crippen molar-refractivity contribution in [3.8, 4) is 12.1 Å². The summed E-state index contributed by atoms with van der Waals surface area (Å²) in [4.78, 5) is -0.645. The molecule has 6 nitrogen and oxygen atoms in total. The maximum absolute atomic E-state index is 13.5. The summed E-state index contributed by atoms with van der Waals surface area (Å²) in [5.74, 6) is -0.981. The molecule has 0 saturated heterocycles. The van der Waals surface area contributed by atoms with Gasteiger partial charge in [0.05, 0.1) is 12.1 Å². The molecule has 94 valence electrons. The normalized spacial score (nSPS) is 10.9. The van der Waals surface area contributed by atoms with Gasteiger partial charge in [0.2, 0.25) is 10.0 Å². The lowest BCUT2D eigenvalue weighted by atomic mass is 10.3. The van der Waals surface area contributed by atoms with Gasteiger partial charge in [-0.15, -0.1) is 0 Å². The zero-order valence-corrected chi connectivity index (χ0v) is 9.98. The summed E-state index contributed by atoms with van der Waals surface area (Å²) in [5.41, 5.74) is 5.47. The van der Waals surface area contributed by atoms with Crippen LogP contribution in [0.25, 0.3) is 0 Å². The SMILES string of the molecule is N#CCN(CC#N)S(=O)(=O)c1cc(N)ccc1F. The Morgan fingerprint density at radius 1 is 1.28 bits per heavy atom. The van der Waals surface area contributed by atoms with Crippen LogP contribution in [-0.4, -0.2) is 25.8 Å². The Kier molecular flexibility index (Phi) is 4.21. The molecule has 1 rings (SSSR count). The highest BCUT2D eigenvalue weighted by molar-refractivity contribution is 7.89. The van der Waals surface area contributed by atoms with Gasteiger partial charge >= 0.3 is 0 Å². The topological polar surface area (TPSA) is 111 Å². The molecule has 0 aliphatic heterocycles. The summed E-state index contributed by atoms with van der Waals surface area (Å²) in [6.45, 7) is -1.08. The Hall–Kier alpha value is -2.16. The van der Waals surface area contributed by atoms with Crippen LogP contribution in [0.15, 0.2) is 23.1 Å². The van der Waals surface area contributed by atoms with Crippen LogP contribution in [0.2, 0.25) is 0 Å². The Morgan fingerprint density at radius 2 is 1.83 bits per heavy atom. The average Bonchev–Trinajstić information content (AvgIpc) is 2.32. The molecule has 0 amide bonds. The van der Waals surface area contributed by atoms with E-state index in [2.05, 4.69) is 0 Å². The summed E-state index contributed by atoms with van der Waals surface area (Å²) in [5, 5.41) is 17.0. The number of nitrogens with two attached hydrogens (primary N) is 1. The molecule has 0 unspecified atom stereocenters. The minimum Gasteiger partial charge on any atom is -0.399 e. The van der Waals surface area contributed by atoms with Gasteiger partial charge in [-0.05, 0) is 18.2 Å². The van der Waals surface area contributed by atoms with Crippen molar-refractivity contribution in [2.45, 2.75) is 4.90 Å². The first kappa shape index (κ1) is 13.9. The molecule has 1 aromatic rings. The van der Waals surface area contributed by atoms with Gasteiger partial charge in [0.15, 0.2) is 0 Å². The highest BCUT2D eigenvalue weighted by Gasteiger charge is 2.27. The third kappa shape index (κ3) is 2.74. The predicted octanol–water partition coefficient (Wildman–Crippen LogP) is 0.446. The summed E-state index contributed by atoms with van der Waals surface area (Å²) in [7, 11) is -4.25. The molecule has 0 aliphatic rings. The van der Waals surface area contributed by atoms with Crippen LogP contribution in [0.1, 0.15) is 0 Å². The van der Waals surface area contributed by atoms with E-state index in [0.29, 0.717) is 4.31 Å². The molecule has 0 fully saturated rings. The number of hydrogen-bond acceptors (Lipinski definition) is 5. The van der Waals surface area contributed by atoms with Gasteiger partial charge < -0.3 is 5.73 Å². The maximum atomic E-state index is 13.5. The fourth-order valence-corrected chi connectivity index (χ4v) is 2.57. The Labute approximate surface area is 104 Å². The monoisotopic (exact) mass is 268 g/mol. The summed E-state index contributed by atoms with van der Waals surface area (Å²) in [6.07, 6.45) is 0. The van der Waals surface area contributed by atoms with Crippen molar-refractivity contribution in [3.63, 3.8) is 0 Å². The van der Waals surface area contributed by atoms with Gasteiger partial charge in [-0.3, -0.25) is 0 Å². The van der Waals surface area contributed by atoms with Gasteiger partial charge in [-0.1, -0.05) is 0 Å². The highest BCUT2D eigenvalue weighted by Crippen LogP contribution is 2.21. The van der Waals surface area contributed by atoms with E-state index in [9.17, 15) is 12.8 Å². The number of benzene rings is 1. The van der Waals surface area contributed by atoms with Crippen molar-refractivity contribution in [2.24, 2.45) is 0 Å². The zero-order chi connectivity index (χ0) is 13.8. The molecule has 0 heterocycles. The zero-order valence-electron chi connectivity index (χ0n) is 9.17. The minimum absolute atomic E-state index is 0.0730. The average molecular weight is 268 g/mol. The third-order valence-electron chi connectivity index (χ3n) is 2.07. The molecule has 0 spiro atoms. The number of nitrogen functional groups attached to an aromatic ring is 1. The van der Waals surface area contributed by atoms with Crippen molar-refractivity contribution in [1.82, 2.24) is 4.31 Å². The first-order chi connectivity index (χ1) is 8.43. The quantitative estimate of drug-likeness (QED) is 0.629. The third-order valence-corrected chi connectivity index (χ3v) is 3.87. The van der Waals surface area contributed by atoms with Crippen LogP contribution in [-0.2, 0) is 10.0 Å². The molecular weight excluding hydrogens is 259 g/mol. The highest BCUT2D eigenvalue weighted by atomic mass is 32.2. The van der Waals surface area contributed by atoms with Crippen LogP contribution in [0.5, 0.6) is 0 Å². The van der Waals surface area contributed by atoms with E-state index in [1.54, 1.807) is 12.1 Å². The molecule has 1 aromatic carbocycles. The number of sulfonamides is 1. The number of anilines is 1. The Morgan fingerprint density at radius 3 is 2.33 bits per heavy atom. The molecule has 0 aromatic heterocycles. The molecule has 8 heteroatoms. The van der Waals surface area contributed by atoms with Crippen molar-refractivity contribution >= 4 is 15.7 Å². The number of rotatable bonds is 4. The van der Waals surface area contributed by atoms with Crippen molar-refractivity contribution in [1.29, 1.82) is 10.5 Å². The van der Waals surface area contributed by atoms with Crippen LogP contribution in [0.4, 0.5) is 10.1 Å². The first-order valence-corrected chi connectivity index (χ1v) is 6.16. The Bertz CT molecular complexity index is 614. The predicted molar refractivity (Wildman–Crippen MR) is 60.8 cm³/mol. The number of hydrogen-bond donors (Lipinski definition) is 1. The summed E-state index contributed by atoms with van der Waals surface area (Å²) < 4.78 is 38.1. The van der Waals surface area contributed by atoms with E-state index in [4.69, 9.17) is 16.3 Å². The molecular formula is C10H9FN4O2S.